The van der Waals surface area contributed by atoms with Crippen molar-refractivity contribution in [2.24, 2.45) is 0 Å². The van der Waals surface area contributed by atoms with Crippen LogP contribution in [0.4, 0.5) is 0 Å². The van der Waals surface area contributed by atoms with E-state index in [1.54, 1.807) is 53.4 Å². The number of aliphatic hydroxyl groups excluding tert-OH is 1. The summed E-state index contributed by atoms with van der Waals surface area (Å²) < 4.78 is 5.88. The van der Waals surface area contributed by atoms with Gasteiger partial charge in [0.05, 0.1) is 11.6 Å². The van der Waals surface area contributed by atoms with Crippen molar-refractivity contribution in [2.75, 3.05) is 27.2 Å². The Morgan fingerprint density at radius 3 is 2.38 bits per heavy atom. The molecule has 1 aliphatic heterocycles. The number of ketones is 1. The molecule has 1 unspecified atom stereocenters. The smallest absolute Gasteiger partial charge is 0.295 e. The first-order valence-corrected chi connectivity index (χ1v) is 12.6. The van der Waals surface area contributed by atoms with Crippen molar-refractivity contribution in [2.45, 2.75) is 26.0 Å². The highest BCUT2D eigenvalue weighted by atomic mass is 35.5. The van der Waals surface area contributed by atoms with Crippen molar-refractivity contribution in [3.05, 3.63) is 106 Å². The van der Waals surface area contributed by atoms with Crippen LogP contribution in [0.5, 0.6) is 5.75 Å². The molecule has 1 amide bonds. The number of carbonyl (C=O) groups is 2. The normalized spacial score (nSPS) is 17.0. The molecule has 0 aromatic heterocycles. The van der Waals surface area contributed by atoms with Gasteiger partial charge in [0.1, 0.15) is 18.1 Å². The fraction of sp³-hybridized carbons (Fsp3) is 0.267. The van der Waals surface area contributed by atoms with Crippen molar-refractivity contribution in [1.82, 2.24) is 9.80 Å². The number of carbonyl (C=O) groups excluding carboxylic acids is 2. The van der Waals surface area contributed by atoms with E-state index in [-0.39, 0.29) is 11.3 Å². The number of hydrogen-bond acceptors (Lipinski definition) is 5. The minimum Gasteiger partial charge on any atom is -0.507 e. The van der Waals surface area contributed by atoms with Crippen LogP contribution in [0.25, 0.3) is 5.76 Å². The van der Waals surface area contributed by atoms with E-state index in [1.807, 2.05) is 44.1 Å². The van der Waals surface area contributed by atoms with E-state index in [1.165, 1.54) is 0 Å². The van der Waals surface area contributed by atoms with Crippen molar-refractivity contribution >= 4 is 29.1 Å². The quantitative estimate of drug-likeness (QED) is 0.227. The van der Waals surface area contributed by atoms with Gasteiger partial charge in [-0.2, -0.15) is 0 Å². The Morgan fingerprint density at radius 1 is 1.03 bits per heavy atom. The molecule has 1 aliphatic rings. The maximum atomic E-state index is 13.2. The summed E-state index contributed by atoms with van der Waals surface area (Å²) in [6, 6.07) is 21.3. The van der Waals surface area contributed by atoms with Gasteiger partial charge < -0.3 is 19.6 Å². The Hall–Kier alpha value is -3.61. The second-order valence-corrected chi connectivity index (χ2v) is 9.94. The molecule has 0 radical (unpaired) electrons. The zero-order valence-electron chi connectivity index (χ0n) is 21.3. The minimum absolute atomic E-state index is 0.0746. The number of halogens is 1. The van der Waals surface area contributed by atoms with Gasteiger partial charge in [-0.25, -0.2) is 0 Å². The first-order chi connectivity index (χ1) is 17.7. The van der Waals surface area contributed by atoms with E-state index in [0.29, 0.717) is 41.5 Å². The molecule has 1 atom stereocenters. The summed E-state index contributed by atoms with van der Waals surface area (Å²) in [5.41, 5.74) is 3.45. The molecule has 37 heavy (non-hydrogen) atoms. The summed E-state index contributed by atoms with van der Waals surface area (Å²) in [6.07, 6.45) is 0.692. The lowest BCUT2D eigenvalue weighted by Gasteiger charge is -2.26. The van der Waals surface area contributed by atoms with Crippen LogP contribution in [0.2, 0.25) is 5.02 Å². The molecule has 192 valence electrons. The molecule has 4 rings (SSSR count). The van der Waals surface area contributed by atoms with Gasteiger partial charge in [0, 0.05) is 17.1 Å². The number of nitrogens with zero attached hydrogens (tertiary/aromatic N) is 2. The van der Waals surface area contributed by atoms with E-state index in [2.05, 4.69) is 6.07 Å². The number of aryl methyl sites for hydroxylation is 1. The number of Topliss-reactive ketones (excluding diaryl/α,β-unsaturated/α-hetero) is 1. The Morgan fingerprint density at radius 2 is 1.73 bits per heavy atom. The summed E-state index contributed by atoms with van der Waals surface area (Å²) in [5.74, 6) is -0.879. The third-order valence-electron chi connectivity index (χ3n) is 6.35. The molecule has 0 aliphatic carbocycles. The number of likely N-dealkylation sites (tertiary alicyclic amines) is 1. The van der Waals surface area contributed by atoms with Crippen molar-refractivity contribution in [3.63, 3.8) is 0 Å². The molecule has 1 fully saturated rings. The van der Waals surface area contributed by atoms with Crippen LogP contribution in [-0.4, -0.2) is 53.8 Å². The molecule has 1 heterocycles. The summed E-state index contributed by atoms with van der Waals surface area (Å²) in [6.45, 7) is 3.60. The van der Waals surface area contributed by atoms with E-state index in [4.69, 9.17) is 16.3 Å². The number of amides is 1. The Balaban J connectivity index is 1.62. The molecule has 1 N–H and O–H groups in total. The highest BCUT2D eigenvalue weighted by Gasteiger charge is 2.45. The molecule has 7 heteroatoms. The van der Waals surface area contributed by atoms with Gasteiger partial charge in [0.25, 0.3) is 11.7 Å². The van der Waals surface area contributed by atoms with Crippen LogP contribution in [0.3, 0.4) is 0 Å². The first kappa shape index (κ1) is 26.5. The fourth-order valence-electron chi connectivity index (χ4n) is 4.49. The average Bonchev–Trinajstić information content (AvgIpc) is 3.13. The number of benzene rings is 3. The zero-order chi connectivity index (χ0) is 26.5. The largest absolute Gasteiger partial charge is 0.507 e. The van der Waals surface area contributed by atoms with Crippen molar-refractivity contribution in [3.8, 4) is 5.75 Å². The molecule has 1 saturated heterocycles. The molecular formula is C30H31ClN2O4. The van der Waals surface area contributed by atoms with E-state index in [9.17, 15) is 14.7 Å². The molecule has 0 bridgehead atoms. The molecule has 6 nitrogen and oxygen atoms in total. The third-order valence-corrected chi connectivity index (χ3v) is 6.60. The third kappa shape index (κ3) is 6.21. The molecule has 0 saturated carbocycles. The van der Waals surface area contributed by atoms with Crippen LogP contribution in [0, 0.1) is 6.92 Å². The van der Waals surface area contributed by atoms with Crippen LogP contribution in [0.1, 0.15) is 34.7 Å². The van der Waals surface area contributed by atoms with Gasteiger partial charge in [-0.15, -0.1) is 0 Å². The standard InChI is InChI=1S/C30H31ClN2O4/c1-20-6-4-7-21(18-20)19-37-25-14-10-23(11-15-25)28(34)26-27(22-8-12-24(31)13-9-22)33(30(36)29(26)35)17-5-16-32(2)3/h4,6-15,18,27,34H,5,16-17,19H2,1-3H3/b28-26+. The predicted octanol–water partition coefficient (Wildman–Crippen LogP) is 5.60. The lowest BCUT2D eigenvalue weighted by Crippen LogP contribution is -2.32. The van der Waals surface area contributed by atoms with Gasteiger partial charge in [-0.05, 0) is 81.5 Å². The Bertz CT molecular complexity index is 1300. The fourth-order valence-corrected chi connectivity index (χ4v) is 4.62. The Labute approximate surface area is 222 Å². The van der Waals surface area contributed by atoms with Crippen molar-refractivity contribution < 1.29 is 19.4 Å². The van der Waals surface area contributed by atoms with Crippen LogP contribution in [-0.2, 0) is 16.2 Å². The van der Waals surface area contributed by atoms with Crippen LogP contribution < -0.4 is 4.74 Å². The highest BCUT2D eigenvalue weighted by molar-refractivity contribution is 6.46. The number of aliphatic hydroxyl groups is 1. The lowest BCUT2D eigenvalue weighted by atomic mass is 9.95. The second kappa shape index (κ2) is 11.6. The topological polar surface area (TPSA) is 70.1 Å². The minimum atomic E-state index is -0.698. The summed E-state index contributed by atoms with van der Waals surface area (Å²) >= 11 is 6.09. The van der Waals surface area contributed by atoms with Gasteiger partial charge in [0.2, 0.25) is 0 Å². The molecule has 3 aromatic carbocycles. The number of rotatable bonds is 9. The summed E-state index contributed by atoms with van der Waals surface area (Å²) in [7, 11) is 3.91. The average molecular weight is 519 g/mol. The summed E-state index contributed by atoms with van der Waals surface area (Å²) in [5, 5.41) is 11.8. The Kier molecular flexibility index (Phi) is 8.31. The van der Waals surface area contributed by atoms with Crippen LogP contribution >= 0.6 is 11.6 Å². The van der Waals surface area contributed by atoms with Gasteiger partial charge >= 0.3 is 0 Å². The second-order valence-electron chi connectivity index (χ2n) is 9.50. The molecular weight excluding hydrogens is 488 g/mol. The van der Waals surface area contributed by atoms with E-state index < -0.39 is 17.7 Å². The number of ether oxygens (including phenoxy) is 1. The van der Waals surface area contributed by atoms with Gasteiger partial charge in [-0.1, -0.05) is 53.6 Å². The molecule has 0 spiro atoms. The zero-order valence-corrected chi connectivity index (χ0v) is 22.0. The van der Waals surface area contributed by atoms with Crippen molar-refractivity contribution in [1.29, 1.82) is 0 Å². The SMILES string of the molecule is Cc1cccc(COc2ccc(/C(O)=C3\C(=O)C(=O)N(CCCN(C)C)C3c3ccc(Cl)cc3)cc2)c1. The monoisotopic (exact) mass is 518 g/mol. The maximum absolute atomic E-state index is 13.2. The predicted molar refractivity (Wildman–Crippen MR) is 146 cm³/mol. The molecule has 3 aromatic rings. The van der Waals surface area contributed by atoms with E-state index >= 15 is 0 Å². The summed E-state index contributed by atoms with van der Waals surface area (Å²) in [4.78, 5) is 29.8. The maximum Gasteiger partial charge on any atom is 0.295 e. The first-order valence-electron chi connectivity index (χ1n) is 12.2. The van der Waals surface area contributed by atoms with Gasteiger partial charge in [-0.3, -0.25) is 9.59 Å². The number of hydrogen-bond donors (Lipinski definition) is 1. The van der Waals surface area contributed by atoms with Gasteiger partial charge in [0.15, 0.2) is 0 Å². The van der Waals surface area contributed by atoms with E-state index in [0.717, 1.165) is 17.7 Å². The highest BCUT2D eigenvalue weighted by Crippen LogP contribution is 2.40. The lowest BCUT2D eigenvalue weighted by molar-refractivity contribution is -0.139. The van der Waals surface area contributed by atoms with Crippen LogP contribution in [0.15, 0.2) is 78.4 Å².